The Kier molecular flexibility index (Phi) is 4.86. The standard InChI is InChI=1S/C12H15Cl2NOS/c13-11-8-9(12(14)17-11)10(16)4-7-15-5-2-1-3-6-15/h8H,1-7H2. The highest BCUT2D eigenvalue weighted by Crippen LogP contribution is 2.31. The van der Waals surface area contributed by atoms with Crippen LogP contribution in [0.1, 0.15) is 36.0 Å². The highest BCUT2D eigenvalue weighted by molar-refractivity contribution is 7.20. The summed E-state index contributed by atoms with van der Waals surface area (Å²) in [5, 5.41) is 0. The monoisotopic (exact) mass is 291 g/mol. The van der Waals surface area contributed by atoms with E-state index in [0.29, 0.717) is 20.7 Å². The third kappa shape index (κ3) is 3.68. The smallest absolute Gasteiger partial charge is 0.166 e. The average Bonchev–Trinajstić information content (AvgIpc) is 2.67. The lowest BCUT2D eigenvalue weighted by Crippen LogP contribution is -2.31. The second-order valence-electron chi connectivity index (χ2n) is 4.31. The molecule has 1 aromatic heterocycles. The molecule has 1 saturated heterocycles. The molecule has 5 heteroatoms. The summed E-state index contributed by atoms with van der Waals surface area (Å²) in [7, 11) is 0. The predicted octanol–water partition coefficient (Wildman–Crippen LogP) is 4.11. The molecule has 0 radical (unpaired) electrons. The summed E-state index contributed by atoms with van der Waals surface area (Å²) in [5.74, 6) is 0.101. The van der Waals surface area contributed by atoms with E-state index in [1.54, 1.807) is 6.07 Å². The zero-order valence-electron chi connectivity index (χ0n) is 9.55. The molecule has 0 atom stereocenters. The second-order valence-corrected chi connectivity index (χ2v) is 6.60. The quantitative estimate of drug-likeness (QED) is 0.778. The maximum Gasteiger partial charge on any atom is 0.166 e. The number of piperidine rings is 1. The van der Waals surface area contributed by atoms with Crippen molar-refractivity contribution < 1.29 is 4.79 Å². The molecular formula is C12H15Cl2NOS. The molecule has 0 unspecified atom stereocenters. The number of carbonyl (C=O) groups excluding carboxylic acids is 1. The van der Waals surface area contributed by atoms with Gasteiger partial charge in [-0.25, -0.2) is 0 Å². The third-order valence-corrected chi connectivity index (χ3v) is 4.55. The molecule has 17 heavy (non-hydrogen) atoms. The van der Waals surface area contributed by atoms with Crippen molar-refractivity contribution in [3.05, 3.63) is 20.3 Å². The summed E-state index contributed by atoms with van der Waals surface area (Å²) in [5.41, 5.74) is 0.582. The van der Waals surface area contributed by atoms with Crippen molar-refractivity contribution in [1.82, 2.24) is 4.90 Å². The SMILES string of the molecule is O=C(CCN1CCCCC1)c1cc(Cl)sc1Cl. The zero-order chi connectivity index (χ0) is 12.3. The fraction of sp³-hybridized carbons (Fsp3) is 0.583. The number of likely N-dealkylation sites (tertiary alicyclic amines) is 1. The first-order chi connectivity index (χ1) is 8.16. The molecule has 1 aliphatic rings. The van der Waals surface area contributed by atoms with Gasteiger partial charge in [-0.1, -0.05) is 29.6 Å². The fourth-order valence-corrected chi connectivity index (χ4v) is 3.61. The molecule has 0 saturated carbocycles. The van der Waals surface area contributed by atoms with Gasteiger partial charge in [0.15, 0.2) is 5.78 Å². The summed E-state index contributed by atoms with van der Waals surface area (Å²) < 4.78 is 1.09. The molecule has 2 nitrogen and oxygen atoms in total. The number of hydrogen-bond donors (Lipinski definition) is 0. The molecule has 2 rings (SSSR count). The van der Waals surface area contributed by atoms with Gasteiger partial charge in [0.1, 0.15) is 4.34 Å². The van der Waals surface area contributed by atoms with Crippen molar-refractivity contribution >= 4 is 40.3 Å². The Labute approximate surface area is 116 Å². The van der Waals surface area contributed by atoms with Gasteiger partial charge in [-0.15, -0.1) is 11.3 Å². The lowest BCUT2D eigenvalue weighted by atomic mass is 10.1. The van der Waals surface area contributed by atoms with Gasteiger partial charge in [-0.05, 0) is 32.0 Å². The van der Waals surface area contributed by atoms with E-state index in [0.717, 1.165) is 19.6 Å². The number of ketones is 1. The number of carbonyl (C=O) groups is 1. The first-order valence-electron chi connectivity index (χ1n) is 5.87. The molecule has 1 fully saturated rings. The number of halogens is 2. The topological polar surface area (TPSA) is 20.3 Å². The van der Waals surface area contributed by atoms with E-state index in [4.69, 9.17) is 23.2 Å². The molecule has 0 spiro atoms. The van der Waals surface area contributed by atoms with Gasteiger partial charge in [0.2, 0.25) is 0 Å². The van der Waals surface area contributed by atoms with E-state index >= 15 is 0 Å². The van der Waals surface area contributed by atoms with Gasteiger partial charge in [0.05, 0.1) is 4.34 Å². The zero-order valence-corrected chi connectivity index (χ0v) is 11.9. The molecular weight excluding hydrogens is 277 g/mol. The molecule has 0 aliphatic carbocycles. The Morgan fingerprint density at radius 1 is 1.29 bits per heavy atom. The van der Waals surface area contributed by atoms with E-state index in [1.165, 1.54) is 30.6 Å². The van der Waals surface area contributed by atoms with Gasteiger partial charge in [0.25, 0.3) is 0 Å². The third-order valence-electron chi connectivity index (χ3n) is 3.06. The van der Waals surface area contributed by atoms with Crippen LogP contribution in [0.25, 0.3) is 0 Å². The highest BCUT2D eigenvalue weighted by atomic mass is 35.5. The van der Waals surface area contributed by atoms with Crippen molar-refractivity contribution in [3.8, 4) is 0 Å². The van der Waals surface area contributed by atoms with E-state index in [2.05, 4.69) is 4.90 Å². The minimum Gasteiger partial charge on any atom is -0.303 e. The fourth-order valence-electron chi connectivity index (χ4n) is 2.11. The largest absolute Gasteiger partial charge is 0.303 e. The Morgan fingerprint density at radius 3 is 2.59 bits per heavy atom. The van der Waals surface area contributed by atoms with Crippen LogP contribution in [-0.2, 0) is 0 Å². The van der Waals surface area contributed by atoms with Gasteiger partial charge >= 0.3 is 0 Å². The minimum atomic E-state index is 0.101. The van der Waals surface area contributed by atoms with Crippen LogP contribution in [0.2, 0.25) is 8.67 Å². The highest BCUT2D eigenvalue weighted by Gasteiger charge is 2.16. The van der Waals surface area contributed by atoms with Crippen LogP contribution in [-0.4, -0.2) is 30.3 Å². The summed E-state index contributed by atoms with van der Waals surface area (Å²) in [6, 6.07) is 1.67. The number of Topliss-reactive ketones (excluding diaryl/α,β-unsaturated/α-hetero) is 1. The summed E-state index contributed by atoms with van der Waals surface area (Å²) in [6.07, 6.45) is 4.35. The second kappa shape index (κ2) is 6.19. The number of hydrogen-bond acceptors (Lipinski definition) is 3. The summed E-state index contributed by atoms with van der Waals surface area (Å²) >= 11 is 13.0. The summed E-state index contributed by atoms with van der Waals surface area (Å²) in [6.45, 7) is 3.07. The lowest BCUT2D eigenvalue weighted by molar-refractivity contribution is 0.0959. The van der Waals surface area contributed by atoms with E-state index in [-0.39, 0.29) is 5.78 Å². The first-order valence-corrected chi connectivity index (χ1v) is 7.44. The van der Waals surface area contributed by atoms with Crippen LogP contribution >= 0.6 is 34.5 Å². The summed E-state index contributed by atoms with van der Waals surface area (Å²) in [4.78, 5) is 14.3. The van der Waals surface area contributed by atoms with E-state index in [9.17, 15) is 4.79 Å². The van der Waals surface area contributed by atoms with Crippen molar-refractivity contribution in [1.29, 1.82) is 0 Å². The van der Waals surface area contributed by atoms with Gasteiger partial charge < -0.3 is 4.90 Å². The van der Waals surface area contributed by atoms with Gasteiger partial charge in [-0.2, -0.15) is 0 Å². The maximum atomic E-state index is 12.0. The van der Waals surface area contributed by atoms with Crippen LogP contribution in [0, 0.1) is 0 Å². The number of thiophene rings is 1. The Hall–Kier alpha value is -0.0900. The van der Waals surface area contributed by atoms with Crippen LogP contribution in [0.4, 0.5) is 0 Å². The van der Waals surface area contributed by atoms with Gasteiger partial charge in [-0.3, -0.25) is 4.79 Å². The predicted molar refractivity (Wildman–Crippen MR) is 73.6 cm³/mol. The van der Waals surface area contributed by atoms with Crippen molar-refractivity contribution in [2.75, 3.05) is 19.6 Å². The average molecular weight is 292 g/mol. The lowest BCUT2D eigenvalue weighted by Gasteiger charge is -2.25. The first kappa shape index (κ1) is 13.3. The molecule has 0 amide bonds. The van der Waals surface area contributed by atoms with Crippen molar-refractivity contribution in [3.63, 3.8) is 0 Å². The molecule has 1 aliphatic heterocycles. The van der Waals surface area contributed by atoms with Crippen LogP contribution in [0.3, 0.4) is 0 Å². The molecule has 0 bridgehead atoms. The molecule has 0 aromatic carbocycles. The van der Waals surface area contributed by atoms with E-state index < -0.39 is 0 Å². The van der Waals surface area contributed by atoms with Crippen LogP contribution < -0.4 is 0 Å². The Bertz CT molecular complexity index is 399. The number of nitrogens with zero attached hydrogens (tertiary/aromatic N) is 1. The van der Waals surface area contributed by atoms with Crippen LogP contribution in [0.5, 0.6) is 0 Å². The molecule has 0 N–H and O–H groups in total. The molecule has 1 aromatic rings. The van der Waals surface area contributed by atoms with Gasteiger partial charge in [0, 0.05) is 18.5 Å². The Morgan fingerprint density at radius 2 is 2.00 bits per heavy atom. The maximum absolute atomic E-state index is 12.0. The number of rotatable bonds is 4. The molecule has 2 heterocycles. The van der Waals surface area contributed by atoms with Crippen molar-refractivity contribution in [2.24, 2.45) is 0 Å². The van der Waals surface area contributed by atoms with Crippen LogP contribution in [0.15, 0.2) is 6.07 Å². The normalized spacial score (nSPS) is 17.3. The minimum absolute atomic E-state index is 0.101. The van der Waals surface area contributed by atoms with Crippen molar-refractivity contribution in [2.45, 2.75) is 25.7 Å². The Balaban J connectivity index is 1.86. The molecule has 94 valence electrons. The van der Waals surface area contributed by atoms with E-state index in [1.807, 2.05) is 0 Å².